The van der Waals surface area contributed by atoms with Gasteiger partial charge in [-0.1, -0.05) is 49.4 Å². The molecule has 0 radical (unpaired) electrons. The minimum absolute atomic E-state index is 0. The second kappa shape index (κ2) is 46.4. The highest BCUT2D eigenvalue weighted by Gasteiger charge is 2.48. The normalized spacial score (nSPS) is 15.7. The molecule has 138 heavy (non-hydrogen) atoms. The number of carbonyl (C=O) groups excluding carboxylic acids is 10. The molecule has 8 N–H and O–H groups in total. The van der Waals surface area contributed by atoms with E-state index >= 15 is 0 Å². The lowest BCUT2D eigenvalue weighted by atomic mass is 9.97. The zero-order chi connectivity index (χ0) is 96.7. The number of nitrogens with zero attached hydrogens (tertiary/aromatic N) is 12. The Morgan fingerprint density at radius 1 is 0.572 bits per heavy atom. The lowest BCUT2D eigenvalue weighted by Gasteiger charge is -2.27. The molecule has 0 spiro atoms. The van der Waals surface area contributed by atoms with Gasteiger partial charge in [0, 0.05) is 121 Å². The summed E-state index contributed by atoms with van der Waals surface area (Å²) in [5.41, 5.74) is 21.0. The van der Waals surface area contributed by atoms with Gasteiger partial charge in [-0.15, -0.1) is 0 Å². The quantitative estimate of drug-likeness (QED) is 0.0106. The van der Waals surface area contributed by atoms with Gasteiger partial charge in [-0.2, -0.15) is 20.2 Å². The van der Waals surface area contributed by atoms with E-state index in [-0.39, 0.29) is 71.1 Å². The van der Waals surface area contributed by atoms with E-state index in [1.807, 2.05) is 69.1 Å². The molecule has 2 saturated carbocycles. The molecule has 18 rings (SSSR count). The third-order valence-corrected chi connectivity index (χ3v) is 24.3. The molecule has 4 aromatic carbocycles. The molecule has 2 aliphatic carbocycles. The van der Waals surface area contributed by atoms with E-state index in [2.05, 4.69) is 82.7 Å². The van der Waals surface area contributed by atoms with Gasteiger partial charge in [-0.3, -0.25) is 77.5 Å². The number of nitrogens with one attached hydrogen (secondary N) is 6. The fraction of sp³-hybridized carbons (Fsp3) is 0.449. The highest BCUT2D eigenvalue weighted by atomic mass is 19.1. The van der Waals surface area contributed by atoms with Crippen molar-refractivity contribution in [3.8, 4) is 34.0 Å². The number of fused-ring (bicyclic) bond motifs is 8. The molecule has 9 amide bonds. The summed E-state index contributed by atoms with van der Waals surface area (Å²) in [4.78, 5) is 152. The smallest absolute Gasteiger partial charge is 0.326 e. The Hall–Kier alpha value is -13.8. The number of hydrogen-bond donors (Lipinski definition) is 7. The number of anilines is 2. The molecule has 12 heterocycles. The number of H-pyrrole nitrogens is 2. The van der Waals surface area contributed by atoms with Crippen LogP contribution in [0.4, 0.5) is 16.0 Å². The number of aromatic amines is 2. The second-order valence-electron chi connectivity index (χ2n) is 33.5. The molecule has 40 heteroatoms. The van der Waals surface area contributed by atoms with Gasteiger partial charge in [0.2, 0.25) is 29.5 Å². The molecule has 2 unspecified atom stereocenters. The maximum absolute atomic E-state index is 13.5. The van der Waals surface area contributed by atoms with Crippen LogP contribution in [0.1, 0.15) is 221 Å². The van der Waals surface area contributed by atoms with Crippen LogP contribution in [0.15, 0.2) is 81.8 Å². The topological polar surface area (TPSA) is 496 Å². The van der Waals surface area contributed by atoms with Crippen molar-refractivity contribution in [3.05, 3.63) is 163 Å². The van der Waals surface area contributed by atoms with E-state index in [0.717, 1.165) is 141 Å². The minimum Gasteiger partial charge on any atom is -0.496 e. The van der Waals surface area contributed by atoms with Gasteiger partial charge < -0.3 is 73.3 Å². The summed E-state index contributed by atoms with van der Waals surface area (Å²) in [6.07, 6.45) is 7.85. The molecule has 39 nitrogen and oxygen atoms in total. The van der Waals surface area contributed by atoms with Crippen LogP contribution in [0, 0.1) is 34.6 Å². The van der Waals surface area contributed by atoms with Crippen molar-refractivity contribution < 1.29 is 101 Å². The summed E-state index contributed by atoms with van der Waals surface area (Å²) >= 11 is 0. The maximum Gasteiger partial charge on any atom is 0.326 e. The molecule has 4 aliphatic heterocycles. The Kier molecular flexibility index (Phi) is 33.7. The van der Waals surface area contributed by atoms with Crippen molar-refractivity contribution in [1.29, 1.82) is 0 Å². The molecule has 2 atom stereocenters. The molecule has 12 aromatic rings. The van der Waals surface area contributed by atoms with Gasteiger partial charge in [0.1, 0.15) is 52.3 Å². The number of imide groups is 4. The number of methoxy groups -OCH3 is 1. The molecule has 2 saturated heterocycles. The molecule has 4 fully saturated rings. The SMILES string of the molecule is C.C.CCn1nc(C2CC2)cc1Cc1nc(OC=O)nc2[nH]c3cc(-c4c(C)noc4C)c(OC)cc3c12.CCn1nc(C2CC2)cc1Nc1nc(C(=O)NCCOCCOCCOCCCc2cccc3c2C(=O)N(C2CCC(=O)NC2=O)C3=O)nc2[nH]c3cc(-c4c(C)noc4C)c(C)cc3c12.NCCOCCOCCOCCCc1cccc2c1C(=O)N(C1CCC(=O)NC1=O)C2=O.[2H]CF. The van der Waals surface area contributed by atoms with Crippen LogP contribution in [0.3, 0.4) is 0 Å². The summed E-state index contributed by atoms with van der Waals surface area (Å²) in [5.74, 6) is -0.0994. The van der Waals surface area contributed by atoms with Crippen LogP contribution in [0.5, 0.6) is 11.8 Å². The number of carbonyl (C=O) groups is 10. The number of aromatic nitrogens is 12. The van der Waals surface area contributed by atoms with Crippen LogP contribution >= 0.6 is 0 Å². The molecular weight excluding hydrogens is 1780 g/mol. The molecule has 732 valence electrons. The van der Waals surface area contributed by atoms with E-state index in [9.17, 15) is 52.3 Å². The fourth-order valence-corrected chi connectivity index (χ4v) is 17.5. The lowest BCUT2D eigenvalue weighted by molar-refractivity contribution is -0.137. The highest BCUT2D eigenvalue weighted by molar-refractivity contribution is 6.25. The zero-order valence-electron chi connectivity index (χ0n) is 78.0. The van der Waals surface area contributed by atoms with Gasteiger partial charge in [0.15, 0.2) is 0 Å². The van der Waals surface area contributed by atoms with E-state index < -0.39 is 72.4 Å². The summed E-state index contributed by atoms with van der Waals surface area (Å²) in [6, 6.07) is 20.7. The van der Waals surface area contributed by atoms with Crippen molar-refractivity contribution >= 4 is 115 Å². The Morgan fingerprint density at radius 3 is 1.57 bits per heavy atom. The molecule has 8 aromatic heterocycles. The van der Waals surface area contributed by atoms with Crippen molar-refractivity contribution in [3.63, 3.8) is 0 Å². The largest absolute Gasteiger partial charge is 0.496 e. The van der Waals surface area contributed by atoms with Crippen LogP contribution in [0.25, 0.3) is 66.1 Å². The minimum atomic E-state index is -1.01. The Bertz CT molecular complexity index is 6490. The van der Waals surface area contributed by atoms with Gasteiger partial charge in [-0.05, 0) is 177 Å². The first-order valence-corrected chi connectivity index (χ1v) is 45.6. The number of ether oxygens (including phenoxy) is 8. The average molecular weight is 1900 g/mol. The predicted octanol–water partition coefficient (Wildman–Crippen LogP) is 11.8. The number of alkyl halides is 1. The number of hydrogen-bond acceptors (Lipinski definition) is 30. The maximum atomic E-state index is 13.5. The van der Waals surface area contributed by atoms with Gasteiger partial charge in [0.25, 0.3) is 29.5 Å². The van der Waals surface area contributed by atoms with Crippen molar-refractivity contribution in [2.75, 3.05) is 112 Å². The summed E-state index contributed by atoms with van der Waals surface area (Å²) < 4.78 is 74.4. The molecule has 0 bridgehead atoms. The van der Waals surface area contributed by atoms with E-state index in [1.165, 1.54) is 12.8 Å². The Morgan fingerprint density at radius 2 is 1.07 bits per heavy atom. The van der Waals surface area contributed by atoms with E-state index in [1.54, 1.807) is 37.4 Å². The number of aryl methyl sites for hydroxylation is 9. The number of nitrogens with two attached hydrogens (primary N) is 1. The third-order valence-electron chi connectivity index (χ3n) is 24.3. The first-order chi connectivity index (χ1) is 66.5. The number of amides is 9. The van der Waals surface area contributed by atoms with Crippen LogP contribution in [0.2, 0.25) is 0 Å². The van der Waals surface area contributed by atoms with Gasteiger partial charge >= 0.3 is 12.5 Å². The number of piperidine rings is 2. The van der Waals surface area contributed by atoms with Crippen molar-refractivity contribution in [2.24, 2.45) is 5.73 Å². The van der Waals surface area contributed by atoms with Crippen LogP contribution in [-0.2, 0) is 84.7 Å². The first kappa shape index (κ1) is 100. The van der Waals surface area contributed by atoms with Gasteiger partial charge in [-0.25, -0.2) is 14.6 Å². The van der Waals surface area contributed by atoms with Gasteiger partial charge in [0.05, 0.1) is 143 Å². The summed E-state index contributed by atoms with van der Waals surface area (Å²) in [7, 11) is 0.643. The number of rotatable bonds is 41. The van der Waals surface area contributed by atoms with E-state index in [4.69, 9.17) is 74.2 Å². The monoisotopic (exact) mass is 1900 g/mol. The van der Waals surface area contributed by atoms with E-state index in [0.29, 0.717) is 187 Å². The first-order valence-electron chi connectivity index (χ1n) is 46.3. The predicted molar refractivity (Wildman–Crippen MR) is 506 cm³/mol. The standard InChI is InChI=1S/C47H52N10O9.C26H26N6O4.C22H29N3O7.CH3F.2CH4/c1-5-56-36(24-33(54-56)28-11-12-28)50-42-40-32-22-25(2)31(38-26(3)55-66-27(38)4)23-34(32)49-41(40)52-43(53-42)45(60)48-15-17-64-19-21-65-20-18-63-16-7-9-29-8-6-10-30-39(29)47(62)57(46(30)61)35-13-14-37(58)51-44(35)59;1-5-32-16(8-19(30-32)15-6-7-15)9-21-24-17-11-22(34-4)18(23-13(2)31-36-14(23)3)10-20(17)27-25(24)29-26(28-21)35-12-33;23-8-10-31-12-14-32-13-11-30-9-2-4-15-3-1-5-16-19(15)22(29)25(21(16)28)17-6-7-18(26)24-20(17)27;1-2;;/h6,8,10,22-24,28,35H,5,7,9,11-21H2,1-4H3,(H,48,60)(H,51,58,59)(H2,49,50,52,53);8,10-12,15H,5-7,9H2,1-4H3,(H,27,28,29);1,3,5,17H,2,4,6-14,23H2,(H,24,26,27);1H3;2*1H4/i;;;1D;;. The lowest BCUT2D eigenvalue weighted by Crippen LogP contribution is -2.54. The fourth-order valence-electron chi connectivity index (χ4n) is 17.5. The summed E-state index contributed by atoms with van der Waals surface area (Å²) in [5, 5.41) is 32.1. The molecule has 6 aliphatic rings. The third kappa shape index (κ3) is 22.6. The van der Waals surface area contributed by atoms with Crippen molar-refractivity contribution in [2.45, 2.75) is 184 Å². The molecular formula is C98H118FN19O20. The van der Waals surface area contributed by atoms with Crippen LogP contribution < -0.4 is 36.5 Å². The van der Waals surface area contributed by atoms with Crippen LogP contribution in [-0.4, -0.2) is 248 Å². The second-order valence-corrected chi connectivity index (χ2v) is 33.5. The number of benzene rings is 4. The summed E-state index contributed by atoms with van der Waals surface area (Å²) in [6.45, 7) is 21.1. The number of halogens is 1. The zero-order valence-corrected chi connectivity index (χ0v) is 77.0. The average Bonchev–Trinajstić information content (AvgIpc) is 1.60. The Balaban J connectivity index is 0.000000188. The Labute approximate surface area is 796 Å². The van der Waals surface area contributed by atoms with Crippen molar-refractivity contribution in [1.82, 2.24) is 85.5 Å². The highest BCUT2D eigenvalue weighted by Crippen LogP contribution is 2.45.